The predicted octanol–water partition coefficient (Wildman–Crippen LogP) is 10.5. The van der Waals surface area contributed by atoms with Crippen molar-refractivity contribution in [1.29, 1.82) is 0 Å². The molecule has 3 aliphatic rings. The van der Waals surface area contributed by atoms with E-state index in [1.807, 2.05) is 91.0 Å². The van der Waals surface area contributed by atoms with Crippen molar-refractivity contribution in [2.75, 3.05) is 41.5 Å². The topological polar surface area (TPSA) is 192 Å². The third-order valence-electron chi connectivity index (χ3n) is 13.7. The maximum atomic E-state index is 15.0. The van der Waals surface area contributed by atoms with E-state index < -0.39 is 35.5 Å². The molecule has 3 aliphatic heterocycles. The van der Waals surface area contributed by atoms with Gasteiger partial charge in [-0.1, -0.05) is 115 Å². The molecule has 0 bridgehead atoms. The molecule has 404 valence electrons. The Labute approximate surface area is 460 Å². The maximum absolute atomic E-state index is 15.0. The molecule has 16 heteroatoms. The molecule has 0 unspecified atom stereocenters. The van der Waals surface area contributed by atoms with E-state index in [-0.39, 0.29) is 104 Å². The van der Waals surface area contributed by atoms with Crippen molar-refractivity contribution >= 4 is 62.8 Å². The molecule has 0 saturated carbocycles. The molecule has 0 atom stereocenters. The molecule has 7 aromatic carbocycles. The van der Waals surface area contributed by atoms with Gasteiger partial charge in [-0.15, -0.1) is 0 Å². The van der Waals surface area contributed by atoms with Crippen LogP contribution in [0.3, 0.4) is 0 Å². The lowest BCUT2D eigenvalue weighted by molar-refractivity contribution is -0.135. The second kappa shape index (κ2) is 23.7. The molecule has 0 radical (unpaired) electrons. The molecule has 10 rings (SSSR count). The molecular formula is C64H53NO15. The van der Waals surface area contributed by atoms with E-state index in [9.17, 15) is 24.3 Å². The summed E-state index contributed by atoms with van der Waals surface area (Å²) in [5, 5.41) is 12.5. The normalized spacial score (nSPS) is 15.3. The fraction of sp³-hybridized carbons (Fsp3) is 0.172. The molecule has 1 N–H and O–H groups in total. The fourth-order valence-corrected chi connectivity index (χ4v) is 9.76. The molecule has 0 aliphatic carbocycles. The number of hydrogen-bond acceptors (Lipinski definition) is 15. The van der Waals surface area contributed by atoms with E-state index >= 15 is 4.79 Å². The SMILES string of the molecule is COC(=O)/C(=C1/OC(=O)C(c2cc(C(=O)N3CCCC3)c3c(O)c(OCc4ccccc4)cc(C4=C(OC)/C(=C(\C(=O)OC)c5ccc(OCc6ccccc6)cc5)OC4=O)c3c2)=C1OC)c1ccc(OCc2ccccc2)cc1. The zero-order valence-corrected chi connectivity index (χ0v) is 44.1. The Bertz CT molecular complexity index is 3670. The molecule has 3 heterocycles. The predicted molar refractivity (Wildman–Crippen MR) is 294 cm³/mol. The first kappa shape index (κ1) is 53.3. The number of phenols is 1. The van der Waals surface area contributed by atoms with E-state index in [1.54, 1.807) is 53.4 Å². The Morgan fingerprint density at radius 1 is 0.537 bits per heavy atom. The van der Waals surface area contributed by atoms with Gasteiger partial charge < -0.3 is 52.6 Å². The highest BCUT2D eigenvalue weighted by molar-refractivity contribution is 6.30. The van der Waals surface area contributed by atoms with Crippen molar-refractivity contribution in [2.45, 2.75) is 32.7 Å². The maximum Gasteiger partial charge on any atom is 0.348 e. The van der Waals surface area contributed by atoms with E-state index in [0.29, 0.717) is 43.0 Å². The lowest BCUT2D eigenvalue weighted by Crippen LogP contribution is -2.28. The van der Waals surface area contributed by atoms with Crippen LogP contribution in [-0.2, 0) is 67.4 Å². The number of esters is 4. The number of cyclic esters (lactones) is 2. The van der Waals surface area contributed by atoms with Crippen LogP contribution < -0.4 is 14.2 Å². The highest BCUT2D eigenvalue weighted by Gasteiger charge is 2.42. The molecular weight excluding hydrogens is 1020 g/mol. The summed E-state index contributed by atoms with van der Waals surface area (Å²) >= 11 is 0. The first-order valence-corrected chi connectivity index (χ1v) is 25.5. The van der Waals surface area contributed by atoms with Crippen molar-refractivity contribution in [3.05, 3.63) is 225 Å². The first-order chi connectivity index (χ1) is 39.0. The van der Waals surface area contributed by atoms with Gasteiger partial charge in [-0.05, 0) is 94.1 Å². The smallest absolute Gasteiger partial charge is 0.348 e. The van der Waals surface area contributed by atoms with Crippen LogP contribution in [0.15, 0.2) is 181 Å². The van der Waals surface area contributed by atoms with Gasteiger partial charge in [0, 0.05) is 24.0 Å². The van der Waals surface area contributed by atoms with Gasteiger partial charge in [0.1, 0.15) is 53.6 Å². The number of rotatable bonds is 18. The lowest BCUT2D eigenvalue weighted by Gasteiger charge is -2.21. The lowest BCUT2D eigenvalue weighted by atomic mass is 9.89. The fourth-order valence-electron chi connectivity index (χ4n) is 9.76. The number of benzene rings is 7. The van der Waals surface area contributed by atoms with Crippen LogP contribution in [0.4, 0.5) is 0 Å². The van der Waals surface area contributed by atoms with Crippen LogP contribution in [0, 0.1) is 0 Å². The van der Waals surface area contributed by atoms with Crippen molar-refractivity contribution in [3.63, 3.8) is 0 Å². The number of carbonyl (C=O) groups excluding carboxylic acids is 5. The minimum atomic E-state index is -0.985. The third-order valence-corrected chi connectivity index (χ3v) is 13.7. The average molecular weight is 1080 g/mol. The van der Waals surface area contributed by atoms with Gasteiger partial charge in [0.2, 0.25) is 0 Å². The van der Waals surface area contributed by atoms with Crippen molar-refractivity contribution in [3.8, 4) is 23.0 Å². The van der Waals surface area contributed by atoms with Crippen LogP contribution in [0.5, 0.6) is 23.0 Å². The summed E-state index contributed by atoms with van der Waals surface area (Å²) in [6.07, 6.45) is 1.41. The molecule has 0 aromatic heterocycles. The number of aromatic hydroxyl groups is 1. The van der Waals surface area contributed by atoms with Crippen LogP contribution in [0.2, 0.25) is 0 Å². The number of hydrogen-bond donors (Lipinski definition) is 1. The number of ether oxygens (including phenoxy) is 9. The zero-order valence-electron chi connectivity index (χ0n) is 44.1. The Hall–Kier alpha value is -10.1. The number of phenolic OH excluding ortho intramolecular Hbond substituents is 1. The van der Waals surface area contributed by atoms with Gasteiger partial charge >= 0.3 is 23.9 Å². The van der Waals surface area contributed by atoms with Gasteiger partial charge in [0.05, 0.1) is 34.0 Å². The van der Waals surface area contributed by atoms with E-state index in [1.165, 1.54) is 46.6 Å². The third kappa shape index (κ3) is 10.8. The van der Waals surface area contributed by atoms with Crippen molar-refractivity contribution in [2.24, 2.45) is 0 Å². The molecule has 1 amide bonds. The van der Waals surface area contributed by atoms with E-state index in [4.69, 9.17) is 42.6 Å². The number of fused-ring (bicyclic) bond motifs is 1. The average Bonchev–Trinajstić information content (AvgIpc) is 4.37. The largest absolute Gasteiger partial charge is 0.504 e. The minimum Gasteiger partial charge on any atom is -0.504 e. The summed E-state index contributed by atoms with van der Waals surface area (Å²) in [6.45, 7) is 1.30. The van der Waals surface area contributed by atoms with Gasteiger partial charge in [0.15, 0.2) is 34.5 Å². The van der Waals surface area contributed by atoms with E-state index in [0.717, 1.165) is 16.7 Å². The molecule has 1 saturated heterocycles. The number of nitrogens with zero attached hydrogens (tertiary/aromatic N) is 1. The number of methoxy groups -OCH3 is 4. The zero-order chi connectivity index (χ0) is 55.9. The second-order valence-corrected chi connectivity index (χ2v) is 18.6. The van der Waals surface area contributed by atoms with Crippen molar-refractivity contribution < 1.29 is 71.7 Å². The summed E-state index contributed by atoms with van der Waals surface area (Å²) in [4.78, 5) is 73.7. The molecule has 80 heavy (non-hydrogen) atoms. The molecule has 7 aromatic rings. The molecule has 1 fully saturated rings. The van der Waals surface area contributed by atoms with Crippen LogP contribution >= 0.6 is 0 Å². The first-order valence-electron chi connectivity index (χ1n) is 25.5. The number of amides is 1. The van der Waals surface area contributed by atoms with Crippen LogP contribution in [0.25, 0.3) is 33.1 Å². The number of carbonyl (C=O) groups is 5. The standard InChI is InChI=1S/C64H53NO15/c1-72-56-52(63(70)79-58(56)50(61(68)74-3)41-22-26-44(27-23-41)76-35-38-16-8-5-9-17-38)43-32-46-47(34-49(78-37-40-20-12-7-13-21-40)55(66)53(46)48(33-43)60(67)65-30-14-15-31-65)54-57(73-2)59(80-64(54)71)51(62(69)75-4)42-24-28-45(29-25-42)77-36-39-18-10-6-11-19-39/h5-13,16-29,32-34,66H,14-15,30-31,35-37H2,1-4H3/b58-50+,59-51+. The monoisotopic (exact) mass is 1080 g/mol. The molecule has 16 nitrogen and oxygen atoms in total. The van der Waals surface area contributed by atoms with Crippen LogP contribution in [0.1, 0.15) is 62.1 Å². The van der Waals surface area contributed by atoms with Crippen molar-refractivity contribution in [1.82, 2.24) is 4.90 Å². The van der Waals surface area contributed by atoms with Crippen LogP contribution in [-0.4, -0.2) is 81.3 Å². The Kier molecular flexibility index (Phi) is 15.8. The highest BCUT2D eigenvalue weighted by Crippen LogP contribution is 2.49. The Morgan fingerprint density at radius 2 is 0.975 bits per heavy atom. The summed E-state index contributed by atoms with van der Waals surface area (Å²) in [7, 11) is 4.95. The summed E-state index contributed by atoms with van der Waals surface area (Å²) < 4.78 is 52.8. The Balaban J connectivity index is 1.17. The number of likely N-dealkylation sites (tertiary alicyclic amines) is 1. The van der Waals surface area contributed by atoms with Gasteiger partial charge in [-0.2, -0.15) is 0 Å². The van der Waals surface area contributed by atoms with Gasteiger partial charge in [-0.25, -0.2) is 19.2 Å². The Morgan fingerprint density at radius 3 is 1.43 bits per heavy atom. The summed E-state index contributed by atoms with van der Waals surface area (Å²) in [6, 6.07) is 45.7. The van der Waals surface area contributed by atoms with Gasteiger partial charge in [0.25, 0.3) is 5.91 Å². The summed E-state index contributed by atoms with van der Waals surface area (Å²) in [5.74, 6) is -4.75. The second-order valence-electron chi connectivity index (χ2n) is 18.6. The van der Waals surface area contributed by atoms with E-state index in [2.05, 4.69) is 0 Å². The van der Waals surface area contributed by atoms with Gasteiger partial charge in [-0.3, -0.25) is 4.79 Å². The quantitative estimate of drug-likeness (QED) is 0.0484. The highest BCUT2D eigenvalue weighted by atomic mass is 16.6. The molecule has 0 spiro atoms. The summed E-state index contributed by atoms with van der Waals surface area (Å²) in [5.41, 5.74) is 2.40. The minimum absolute atomic E-state index is 0.00966.